The minimum Gasteiger partial charge on any atom is -0.487 e. The van der Waals surface area contributed by atoms with E-state index in [1.165, 1.54) is 5.56 Å². The summed E-state index contributed by atoms with van der Waals surface area (Å²) in [4.78, 5) is 12.6. The smallest absolute Gasteiger partial charge is 0.258 e. The molecule has 0 saturated heterocycles. The molecule has 0 radical (unpaired) electrons. The number of hydrogen-bond acceptors (Lipinski definition) is 3. The van der Waals surface area contributed by atoms with E-state index in [0.717, 1.165) is 40.2 Å². The maximum atomic E-state index is 12.6. The van der Waals surface area contributed by atoms with Crippen LogP contribution >= 0.6 is 0 Å². The second kappa shape index (κ2) is 7.26. The van der Waals surface area contributed by atoms with E-state index in [1.807, 2.05) is 52.8 Å². The van der Waals surface area contributed by atoms with Gasteiger partial charge in [-0.05, 0) is 70.4 Å². The largest absolute Gasteiger partial charge is 0.487 e. The zero-order chi connectivity index (χ0) is 19.8. The van der Waals surface area contributed by atoms with E-state index in [-0.39, 0.29) is 24.2 Å². The molecule has 4 nitrogen and oxygen atoms in total. The van der Waals surface area contributed by atoms with Gasteiger partial charge in [-0.25, -0.2) is 0 Å². The number of nitrogens with one attached hydrogen (secondary N) is 1. The van der Waals surface area contributed by atoms with Gasteiger partial charge in [0.15, 0.2) is 6.61 Å². The lowest BCUT2D eigenvalue weighted by Gasteiger charge is -2.38. The molecule has 1 aliphatic rings. The number of aryl methyl sites for hydroxylation is 3. The SMILES string of the molecule is Cc1cc(C)c(C)c(OCC(=O)N[C@@H]2CC(C)(C)Oc3ccc(C)cc32)c1. The summed E-state index contributed by atoms with van der Waals surface area (Å²) in [5, 5.41) is 3.13. The van der Waals surface area contributed by atoms with E-state index in [4.69, 9.17) is 9.47 Å². The van der Waals surface area contributed by atoms with Crippen LogP contribution < -0.4 is 14.8 Å². The number of hydrogen-bond donors (Lipinski definition) is 1. The summed E-state index contributed by atoms with van der Waals surface area (Å²) < 4.78 is 11.9. The standard InChI is InChI=1S/C23H29NO3/c1-14-7-8-20-18(10-14)19(12-23(5,6)27-20)24-22(25)13-26-21-11-15(2)9-16(3)17(21)4/h7-11,19H,12-13H2,1-6H3,(H,24,25)/t19-/m1/s1. The second-order valence-corrected chi connectivity index (χ2v) is 8.22. The van der Waals surface area contributed by atoms with E-state index < -0.39 is 0 Å². The fourth-order valence-electron chi connectivity index (χ4n) is 3.63. The summed E-state index contributed by atoms with van der Waals surface area (Å²) in [6, 6.07) is 10.1. The number of fused-ring (bicyclic) bond motifs is 1. The highest BCUT2D eigenvalue weighted by atomic mass is 16.5. The first-order valence-electron chi connectivity index (χ1n) is 9.44. The molecule has 0 unspecified atom stereocenters. The van der Waals surface area contributed by atoms with Gasteiger partial charge in [-0.2, -0.15) is 0 Å². The maximum Gasteiger partial charge on any atom is 0.258 e. The Kier molecular flexibility index (Phi) is 5.18. The van der Waals surface area contributed by atoms with Crippen LogP contribution in [0.1, 0.15) is 54.1 Å². The summed E-state index contributed by atoms with van der Waals surface area (Å²) in [6.45, 7) is 12.2. The summed E-state index contributed by atoms with van der Waals surface area (Å²) in [6.07, 6.45) is 0.720. The number of rotatable bonds is 4. The van der Waals surface area contributed by atoms with Gasteiger partial charge in [0.05, 0.1) is 6.04 Å². The third kappa shape index (κ3) is 4.44. The lowest BCUT2D eigenvalue weighted by molar-refractivity contribution is -0.124. The zero-order valence-corrected chi connectivity index (χ0v) is 17.1. The molecule has 0 saturated carbocycles. The van der Waals surface area contributed by atoms with Crippen molar-refractivity contribution in [3.05, 3.63) is 58.1 Å². The van der Waals surface area contributed by atoms with Crippen LogP contribution in [0.4, 0.5) is 0 Å². The first kappa shape index (κ1) is 19.3. The van der Waals surface area contributed by atoms with Crippen LogP contribution in [-0.2, 0) is 4.79 Å². The van der Waals surface area contributed by atoms with Crippen LogP contribution in [0.5, 0.6) is 11.5 Å². The van der Waals surface area contributed by atoms with Gasteiger partial charge in [0.1, 0.15) is 17.1 Å². The normalized spacial score (nSPS) is 17.6. The average Bonchev–Trinajstić information content (AvgIpc) is 2.56. The summed E-state index contributed by atoms with van der Waals surface area (Å²) >= 11 is 0. The minimum atomic E-state index is -0.328. The van der Waals surface area contributed by atoms with E-state index in [0.29, 0.717) is 0 Å². The Bertz CT molecular complexity index is 870. The molecule has 1 amide bonds. The van der Waals surface area contributed by atoms with Gasteiger partial charge < -0.3 is 14.8 Å². The summed E-state index contributed by atoms with van der Waals surface area (Å²) in [7, 11) is 0. The van der Waals surface area contributed by atoms with Crippen molar-refractivity contribution in [2.24, 2.45) is 0 Å². The van der Waals surface area contributed by atoms with Gasteiger partial charge in [-0.3, -0.25) is 4.79 Å². The quantitative estimate of drug-likeness (QED) is 0.851. The molecule has 4 heteroatoms. The third-order valence-corrected chi connectivity index (χ3v) is 5.08. The predicted molar refractivity (Wildman–Crippen MR) is 108 cm³/mol. The van der Waals surface area contributed by atoms with E-state index >= 15 is 0 Å². The molecule has 2 aromatic carbocycles. The van der Waals surface area contributed by atoms with Crippen molar-refractivity contribution < 1.29 is 14.3 Å². The molecule has 0 aromatic heterocycles. The van der Waals surface area contributed by atoms with Gasteiger partial charge in [0.25, 0.3) is 5.91 Å². The molecular formula is C23H29NO3. The summed E-state index contributed by atoms with van der Waals surface area (Å²) in [5.41, 5.74) is 5.22. The number of amides is 1. The number of carbonyl (C=O) groups excluding carboxylic acids is 1. The van der Waals surface area contributed by atoms with Crippen molar-refractivity contribution in [3.8, 4) is 11.5 Å². The van der Waals surface area contributed by atoms with Crippen LogP contribution in [0.25, 0.3) is 0 Å². The molecule has 2 aromatic rings. The highest BCUT2D eigenvalue weighted by Gasteiger charge is 2.34. The molecule has 0 fully saturated rings. The van der Waals surface area contributed by atoms with Gasteiger partial charge in [-0.15, -0.1) is 0 Å². The first-order chi connectivity index (χ1) is 12.6. The zero-order valence-electron chi connectivity index (χ0n) is 17.1. The van der Waals surface area contributed by atoms with E-state index in [2.05, 4.69) is 24.4 Å². The minimum absolute atomic E-state index is 0.00265. The Morgan fingerprint density at radius 1 is 1.15 bits per heavy atom. The van der Waals surface area contributed by atoms with Gasteiger partial charge in [0, 0.05) is 12.0 Å². The molecule has 3 rings (SSSR count). The molecule has 27 heavy (non-hydrogen) atoms. The molecule has 0 bridgehead atoms. The van der Waals surface area contributed by atoms with Crippen molar-refractivity contribution in [1.29, 1.82) is 0 Å². The molecular weight excluding hydrogens is 338 g/mol. The van der Waals surface area contributed by atoms with Crippen molar-refractivity contribution in [1.82, 2.24) is 5.32 Å². The molecule has 1 heterocycles. The van der Waals surface area contributed by atoms with Crippen LogP contribution in [0.2, 0.25) is 0 Å². The van der Waals surface area contributed by atoms with Crippen molar-refractivity contribution >= 4 is 5.91 Å². The topological polar surface area (TPSA) is 47.6 Å². The first-order valence-corrected chi connectivity index (χ1v) is 9.44. The van der Waals surface area contributed by atoms with Crippen LogP contribution in [0.3, 0.4) is 0 Å². The van der Waals surface area contributed by atoms with Gasteiger partial charge >= 0.3 is 0 Å². The van der Waals surface area contributed by atoms with Crippen LogP contribution in [-0.4, -0.2) is 18.1 Å². The highest BCUT2D eigenvalue weighted by molar-refractivity contribution is 5.78. The molecule has 1 N–H and O–H groups in total. The predicted octanol–water partition coefficient (Wildman–Crippen LogP) is 4.72. The fourth-order valence-corrected chi connectivity index (χ4v) is 3.63. The molecule has 0 aliphatic carbocycles. The second-order valence-electron chi connectivity index (χ2n) is 8.22. The fraction of sp³-hybridized carbons (Fsp3) is 0.435. The molecule has 144 valence electrons. The maximum absolute atomic E-state index is 12.6. The average molecular weight is 367 g/mol. The van der Waals surface area contributed by atoms with Crippen molar-refractivity contribution in [2.45, 2.75) is 59.6 Å². The Hall–Kier alpha value is -2.49. The highest BCUT2D eigenvalue weighted by Crippen LogP contribution is 2.39. The van der Waals surface area contributed by atoms with E-state index in [9.17, 15) is 4.79 Å². The van der Waals surface area contributed by atoms with Crippen molar-refractivity contribution in [3.63, 3.8) is 0 Å². The number of benzene rings is 2. The summed E-state index contributed by atoms with van der Waals surface area (Å²) in [5.74, 6) is 1.49. The monoisotopic (exact) mass is 367 g/mol. The van der Waals surface area contributed by atoms with Crippen LogP contribution in [0, 0.1) is 27.7 Å². The number of carbonyl (C=O) groups is 1. The molecule has 1 atom stereocenters. The Labute approximate surface area is 161 Å². The van der Waals surface area contributed by atoms with Crippen LogP contribution in [0.15, 0.2) is 30.3 Å². The Morgan fingerprint density at radius 2 is 1.89 bits per heavy atom. The van der Waals surface area contributed by atoms with Gasteiger partial charge in [0.2, 0.25) is 0 Å². The number of ether oxygens (including phenoxy) is 2. The third-order valence-electron chi connectivity index (χ3n) is 5.08. The Balaban J connectivity index is 1.72. The van der Waals surface area contributed by atoms with Gasteiger partial charge in [-0.1, -0.05) is 23.8 Å². The Morgan fingerprint density at radius 3 is 2.63 bits per heavy atom. The lowest BCUT2D eigenvalue weighted by Crippen LogP contribution is -2.42. The molecule has 0 spiro atoms. The lowest BCUT2D eigenvalue weighted by atomic mass is 9.89. The van der Waals surface area contributed by atoms with E-state index in [1.54, 1.807) is 0 Å². The molecule has 1 aliphatic heterocycles. The van der Waals surface area contributed by atoms with Crippen molar-refractivity contribution in [2.75, 3.05) is 6.61 Å².